The predicted molar refractivity (Wildman–Crippen MR) is 54.7 cm³/mol. The van der Waals surface area contributed by atoms with Gasteiger partial charge >= 0.3 is 0 Å². The molecule has 0 saturated carbocycles. The fraction of sp³-hybridized carbons (Fsp3) is 0.143. The van der Waals surface area contributed by atoms with Crippen LogP contribution >= 0.6 is 43.5 Å². The van der Waals surface area contributed by atoms with Crippen molar-refractivity contribution < 1.29 is 0 Å². The SMILES string of the molecule is NCc1cc(Cl)cc(Br)c1Br. The van der Waals surface area contributed by atoms with E-state index in [4.69, 9.17) is 17.3 Å². The van der Waals surface area contributed by atoms with Gasteiger partial charge in [-0.25, -0.2) is 0 Å². The zero-order valence-electron chi connectivity index (χ0n) is 5.57. The highest BCUT2D eigenvalue weighted by Gasteiger charge is 2.03. The van der Waals surface area contributed by atoms with Crippen molar-refractivity contribution in [2.24, 2.45) is 5.73 Å². The second-order valence-corrected chi connectivity index (χ2v) is 4.15. The molecule has 0 spiro atoms. The van der Waals surface area contributed by atoms with Crippen LogP contribution in [0.4, 0.5) is 0 Å². The van der Waals surface area contributed by atoms with E-state index in [9.17, 15) is 0 Å². The van der Waals surface area contributed by atoms with E-state index >= 15 is 0 Å². The summed E-state index contributed by atoms with van der Waals surface area (Å²) in [7, 11) is 0. The molecule has 0 heterocycles. The van der Waals surface area contributed by atoms with Crippen LogP contribution in [0.25, 0.3) is 0 Å². The van der Waals surface area contributed by atoms with Crippen LogP contribution in [0.2, 0.25) is 5.02 Å². The molecule has 0 amide bonds. The molecule has 0 unspecified atom stereocenters. The van der Waals surface area contributed by atoms with E-state index in [-0.39, 0.29) is 0 Å². The van der Waals surface area contributed by atoms with Gasteiger partial charge in [0, 0.05) is 20.5 Å². The number of rotatable bonds is 1. The van der Waals surface area contributed by atoms with Gasteiger partial charge in [-0.3, -0.25) is 0 Å². The van der Waals surface area contributed by atoms with Crippen molar-refractivity contribution in [2.75, 3.05) is 0 Å². The summed E-state index contributed by atoms with van der Waals surface area (Å²) in [6.07, 6.45) is 0. The van der Waals surface area contributed by atoms with Crippen LogP contribution < -0.4 is 5.73 Å². The van der Waals surface area contributed by atoms with Gasteiger partial charge in [0.25, 0.3) is 0 Å². The van der Waals surface area contributed by atoms with E-state index in [1.54, 1.807) is 0 Å². The van der Waals surface area contributed by atoms with Crippen LogP contribution in [0, 0.1) is 0 Å². The molecule has 0 aliphatic heterocycles. The summed E-state index contributed by atoms with van der Waals surface area (Å²) in [5.41, 5.74) is 6.48. The molecule has 1 aromatic carbocycles. The van der Waals surface area contributed by atoms with Gasteiger partial charge in [-0.05, 0) is 49.6 Å². The average molecular weight is 299 g/mol. The van der Waals surface area contributed by atoms with Crippen LogP contribution in [0.15, 0.2) is 21.1 Å². The zero-order valence-corrected chi connectivity index (χ0v) is 9.50. The Bertz CT molecular complexity index is 275. The molecule has 0 atom stereocenters. The lowest BCUT2D eigenvalue weighted by Gasteiger charge is -2.03. The summed E-state index contributed by atoms with van der Waals surface area (Å²) >= 11 is 12.5. The molecule has 0 aliphatic carbocycles. The maximum absolute atomic E-state index is 5.79. The third-order valence-electron chi connectivity index (χ3n) is 1.29. The van der Waals surface area contributed by atoms with Crippen LogP contribution in [0.5, 0.6) is 0 Å². The largest absolute Gasteiger partial charge is 0.326 e. The van der Waals surface area contributed by atoms with Crippen molar-refractivity contribution in [3.05, 3.63) is 31.7 Å². The molecule has 0 fully saturated rings. The Hall–Kier alpha value is 0.430. The van der Waals surface area contributed by atoms with Crippen molar-refractivity contribution in [1.29, 1.82) is 0 Å². The summed E-state index contributed by atoms with van der Waals surface area (Å²) in [6, 6.07) is 3.67. The molecule has 0 aromatic heterocycles. The maximum atomic E-state index is 5.79. The number of benzene rings is 1. The van der Waals surface area contributed by atoms with Gasteiger partial charge in [-0.15, -0.1) is 0 Å². The monoisotopic (exact) mass is 297 g/mol. The molecule has 0 radical (unpaired) electrons. The smallest absolute Gasteiger partial charge is 0.0421 e. The normalized spacial score (nSPS) is 10.2. The van der Waals surface area contributed by atoms with E-state index in [1.165, 1.54) is 0 Å². The summed E-state index contributed by atoms with van der Waals surface area (Å²) in [5.74, 6) is 0. The lowest BCUT2D eigenvalue weighted by atomic mass is 10.2. The van der Waals surface area contributed by atoms with Crippen molar-refractivity contribution >= 4 is 43.5 Å². The molecule has 0 bridgehead atoms. The number of hydrogen-bond acceptors (Lipinski definition) is 1. The third kappa shape index (κ3) is 2.18. The van der Waals surface area contributed by atoms with Gasteiger partial charge in [-0.1, -0.05) is 11.6 Å². The number of halogens is 3. The van der Waals surface area contributed by atoms with Gasteiger partial charge < -0.3 is 5.73 Å². The van der Waals surface area contributed by atoms with Gasteiger partial charge in [0.15, 0.2) is 0 Å². The second kappa shape index (κ2) is 3.90. The van der Waals surface area contributed by atoms with E-state index in [0.717, 1.165) is 14.5 Å². The van der Waals surface area contributed by atoms with Gasteiger partial charge in [0.2, 0.25) is 0 Å². The predicted octanol–water partition coefficient (Wildman–Crippen LogP) is 3.32. The Labute approximate surface area is 87.2 Å². The minimum Gasteiger partial charge on any atom is -0.326 e. The number of hydrogen-bond donors (Lipinski definition) is 1. The Morgan fingerprint density at radius 2 is 2.00 bits per heavy atom. The Kier molecular flexibility index (Phi) is 3.37. The number of nitrogens with two attached hydrogens (primary N) is 1. The molecular formula is C7H6Br2ClN. The summed E-state index contributed by atoms with van der Waals surface area (Å²) < 4.78 is 1.91. The summed E-state index contributed by atoms with van der Waals surface area (Å²) in [5, 5.41) is 0.695. The maximum Gasteiger partial charge on any atom is 0.0421 e. The zero-order chi connectivity index (χ0) is 8.43. The van der Waals surface area contributed by atoms with Crippen molar-refractivity contribution in [3.8, 4) is 0 Å². The first-order valence-electron chi connectivity index (χ1n) is 2.98. The molecule has 60 valence electrons. The average Bonchev–Trinajstić information content (AvgIpc) is 1.96. The second-order valence-electron chi connectivity index (χ2n) is 2.06. The Morgan fingerprint density at radius 1 is 1.36 bits per heavy atom. The molecule has 1 rings (SSSR count). The van der Waals surface area contributed by atoms with Crippen LogP contribution in [-0.2, 0) is 6.54 Å². The van der Waals surface area contributed by atoms with Gasteiger partial charge in [-0.2, -0.15) is 0 Å². The summed E-state index contributed by atoms with van der Waals surface area (Å²) in [6.45, 7) is 0.486. The molecule has 2 N–H and O–H groups in total. The fourth-order valence-corrected chi connectivity index (χ4v) is 2.02. The van der Waals surface area contributed by atoms with Gasteiger partial charge in [0.1, 0.15) is 0 Å². The first-order chi connectivity index (χ1) is 5.15. The minimum atomic E-state index is 0.486. The fourth-order valence-electron chi connectivity index (χ4n) is 0.758. The van der Waals surface area contributed by atoms with Crippen LogP contribution in [0.1, 0.15) is 5.56 Å². The van der Waals surface area contributed by atoms with E-state index in [1.807, 2.05) is 12.1 Å². The van der Waals surface area contributed by atoms with E-state index in [2.05, 4.69) is 31.9 Å². The minimum absolute atomic E-state index is 0.486. The third-order valence-corrected chi connectivity index (χ3v) is 3.60. The first kappa shape index (κ1) is 9.52. The highest BCUT2D eigenvalue weighted by molar-refractivity contribution is 9.13. The molecule has 1 nitrogen and oxygen atoms in total. The highest BCUT2D eigenvalue weighted by atomic mass is 79.9. The molecule has 1 aromatic rings. The van der Waals surface area contributed by atoms with Crippen LogP contribution in [-0.4, -0.2) is 0 Å². The summed E-state index contributed by atoms with van der Waals surface area (Å²) in [4.78, 5) is 0. The lowest BCUT2D eigenvalue weighted by Crippen LogP contribution is -1.97. The van der Waals surface area contributed by atoms with Gasteiger partial charge in [0.05, 0.1) is 0 Å². The molecular weight excluding hydrogens is 293 g/mol. The Morgan fingerprint density at radius 3 is 2.55 bits per heavy atom. The molecule has 0 saturated heterocycles. The first-order valence-corrected chi connectivity index (χ1v) is 4.95. The standard InChI is InChI=1S/C7H6Br2ClN/c8-6-2-5(10)1-4(3-11)7(6)9/h1-2H,3,11H2. The van der Waals surface area contributed by atoms with Crippen molar-refractivity contribution in [3.63, 3.8) is 0 Å². The molecule has 4 heteroatoms. The Balaban J connectivity index is 3.24. The van der Waals surface area contributed by atoms with E-state index < -0.39 is 0 Å². The van der Waals surface area contributed by atoms with Crippen molar-refractivity contribution in [2.45, 2.75) is 6.54 Å². The highest BCUT2D eigenvalue weighted by Crippen LogP contribution is 2.29. The van der Waals surface area contributed by atoms with Crippen LogP contribution in [0.3, 0.4) is 0 Å². The quantitative estimate of drug-likeness (QED) is 0.791. The van der Waals surface area contributed by atoms with Crippen molar-refractivity contribution in [1.82, 2.24) is 0 Å². The molecule has 0 aliphatic rings. The lowest BCUT2D eigenvalue weighted by molar-refractivity contribution is 1.06. The topological polar surface area (TPSA) is 26.0 Å². The molecule has 11 heavy (non-hydrogen) atoms. The van der Waals surface area contributed by atoms with E-state index in [0.29, 0.717) is 11.6 Å².